The molecule has 0 saturated carbocycles. The number of pyridine rings is 1. The molecule has 22 heavy (non-hydrogen) atoms. The normalized spacial score (nSPS) is 11.3. The smallest absolute Gasteiger partial charge is 0.232 e. The fraction of sp³-hybridized carbons (Fsp3) is 0.286. The summed E-state index contributed by atoms with van der Waals surface area (Å²) in [5, 5.41) is 9.45. The maximum atomic E-state index is 12.1. The Bertz CT molecular complexity index is 656. The van der Waals surface area contributed by atoms with E-state index in [1.54, 1.807) is 25.5 Å². The summed E-state index contributed by atoms with van der Waals surface area (Å²) in [6, 6.07) is 3.74. The van der Waals surface area contributed by atoms with E-state index in [9.17, 15) is 4.79 Å². The monoisotopic (exact) mass is 319 g/mol. The lowest BCUT2D eigenvalue weighted by Gasteiger charge is -2.11. The summed E-state index contributed by atoms with van der Waals surface area (Å²) in [5.41, 5.74) is 4.32. The number of hydroxylamine groups is 1. The minimum atomic E-state index is -0.0776. The summed E-state index contributed by atoms with van der Waals surface area (Å²) in [4.78, 5) is 22.4. The van der Waals surface area contributed by atoms with E-state index in [-0.39, 0.29) is 12.3 Å². The van der Waals surface area contributed by atoms with E-state index >= 15 is 0 Å². The van der Waals surface area contributed by atoms with Crippen LogP contribution in [0.15, 0.2) is 36.3 Å². The van der Waals surface area contributed by atoms with Crippen molar-refractivity contribution in [3.8, 4) is 10.6 Å². The van der Waals surface area contributed by atoms with Gasteiger partial charge in [-0.25, -0.2) is 0 Å². The second kappa shape index (κ2) is 7.62. The summed E-state index contributed by atoms with van der Waals surface area (Å²) < 4.78 is 0. The molecule has 0 atom stereocenters. The molecule has 8 heteroatoms. The molecular formula is C14H17N5O2S. The lowest BCUT2D eigenvalue weighted by Crippen LogP contribution is -2.25. The molecule has 1 amide bonds. The highest BCUT2D eigenvalue weighted by Crippen LogP contribution is 2.27. The second-order valence-electron chi connectivity index (χ2n) is 4.48. The van der Waals surface area contributed by atoms with Gasteiger partial charge in [0.2, 0.25) is 11.0 Å². The Morgan fingerprint density at radius 3 is 3.00 bits per heavy atom. The molecule has 0 aliphatic rings. The van der Waals surface area contributed by atoms with Gasteiger partial charge in [-0.2, -0.15) is 0 Å². The average molecular weight is 319 g/mol. The van der Waals surface area contributed by atoms with Gasteiger partial charge in [0.05, 0.1) is 7.11 Å². The van der Waals surface area contributed by atoms with Crippen LogP contribution in [-0.4, -0.2) is 35.2 Å². The van der Waals surface area contributed by atoms with Gasteiger partial charge in [0.1, 0.15) is 0 Å². The molecule has 7 nitrogen and oxygen atoms in total. The third-order valence-electron chi connectivity index (χ3n) is 2.83. The topological polar surface area (TPSA) is 80.2 Å². The van der Waals surface area contributed by atoms with E-state index < -0.39 is 0 Å². The van der Waals surface area contributed by atoms with Crippen molar-refractivity contribution in [2.45, 2.75) is 13.3 Å². The first-order valence-electron chi connectivity index (χ1n) is 6.58. The number of anilines is 1. The van der Waals surface area contributed by atoms with Gasteiger partial charge in [-0.15, -0.1) is 10.2 Å². The molecule has 0 saturated heterocycles. The van der Waals surface area contributed by atoms with Crippen molar-refractivity contribution in [2.75, 3.05) is 19.1 Å². The van der Waals surface area contributed by atoms with E-state index in [1.165, 1.54) is 23.3 Å². The van der Waals surface area contributed by atoms with Crippen molar-refractivity contribution in [2.24, 2.45) is 0 Å². The van der Waals surface area contributed by atoms with Gasteiger partial charge in [-0.05, 0) is 19.1 Å². The Labute approximate surface area is 132 Å². The van der Waals surface area contributed by atoms with Gasteiger partial charge in [0, 0.05) is 37.1 Å². The Morgan fingerprint density at radius 1 is 1.50 bits per heavy atom. The van der Waals surface area contributed by atoms with Crippen LogP contribution in [0.2, 0.25) is 0 Å². The Balaban J connectivity index is 2.04. The highest BCUT2D eigenvalue weighted by atomic mass is 32.1. The maximum Gasteiger partial charge on any atom is 0.232 e. The van der Waals surface area contributed by atoms with Crippen molar-refractivity contribution in [3.05, 3.63) is 36.3 Å². The zero-order valence-corrected chi connectivity index (χ0v) is 13.4. The Morgan fingerprint density at radius 2 is 2.32 bits per heavy atom. The van der Waals surface area contributed by atoms with Crippen LogP contribution in [0.1, 0.15) is 13.3 Å². The number of hydrogen-bond acceptors (Lipinski definition) is 7. The van der Waals surface area contributed by atoms with Gasteiger partial charge >= 0.3 is 0 Å². The van der Waals surface area contributed by atoms with Crippen LogP contribution in [-0.2, 0) is 9.63 Å². The van der Waals surface area contributed by atoms with Crippen LogP contribution in [0.25, 0.3) is 10.6 Å². The van der Waals surface area contributed by atoms with E-state index in [0.29, 0.717) is 5.13 Å². The molecule has 2 heterocycles. The third kappa shape index (κ3) is 4.09. The predicted molar refractivity (Wildman–Crippen MR) is 85.1 cm³/mol. The number of amides is 1. The quantitative estimate of drug-likeness (QED) is 0.820. The lowest BCUT2D eigenvalue weighted by atomic mass is 10.3. The molecule has 0 aliphatic heterocycles. The van der Waals surface area contributed by atoms with E-state index in [1.807, 2.05) is 19.1 Å². The molecular weight excluding hydrogens is 302 g/mol. The highest BCUT2D eigenvalue weighted by molar-refractivity contribution is 7.18. The number of nitrogens with zero attached hydrogens (tertiary/aromatic N) is 4. The van der Waals surface area contributed by atoms with E-state index in [2.05, 4.69) is 20.7 Å². The fourth-order valence-corrected chi connectivity index (χ4v) is 2.46. The first kappa shape index (κ1) is 16.1. The largest absolute Gasteiger partial charge is 0.290 e. The maximum absolute atomic E-state index is 12.1. The predicted octanol–water partition coefficient (Wildman–Crippen LogP) is 2.01. The molecule has 0 fully saturated rings. The van der Waals surface area contributed by atoms with Crippen LogP contribution >= 0.6 is 11.3 Å². The number of carbonyl (C=O) groups excluding carboxylic acids is 1. The number of aromatic nitrogens is 3. The SMILES string of the molecule is CONC(C)=CCC(=O)N(C)c1nnc(-c2cccnc2)s1. The zero-order chi connectivity index (χ0) is 15.9. The summed E-state index contributed by atoms with van der Waals surface area (Å²) in [6.45, 7) is 1.82. The van der Waals surface area contributed by atoms with Crippen LogP contribution in [0, 0.1) is 0 Å². The molecule has 0 radical (unpaired) electrons. The number of nitrogens with one attached hydrogen (secondary N) is 1. The fourth-order valence-electron chi connectivity index (χ4n) is 1.64. The summed E-state index contributed by atoms with van der Waals surface area (Å²) in [5.74, 6) is -0.0776. The Hall–Kier alpha value is -2.32. The molecule has 0 aromatic carbocycles. The van der Waals surface area contributed by atoms with Crippen molar-refractivity contribution in [1.29, 1.82) is 0 Å². The van der Waals surface area contributed by atoms with E-state index in [0.717, 1.165) is 16.3 Å². The molecule has 0 aliphatic carbocycles. The van der Waals surface area contributed by atoms with Crippen molar-refractivity contribution < 1.29 is 9.63 Å². The minimum Gasteiger partial charge on any atom is -0.290 e. The summed E-state index contributed by atoms with van der Waals surface area (Å²) >= 11 is 1.35. The lowest BCUT2D eigenvalue weighted by molar-refractivity contribution is -0.117. The molecule has 1 N–H and O–H groups in total. The summed E-state index contributed by atoms with van der Waals surface area (Å²) in [6.07, 6.45) is 5.42. The number of carbonyl (C=O) groups is 1. The average Bonchev–Trinajstić information content (AvgIpc) is 3.03. The molecule has 2 aromatic rings. The molecule has 0 unspecified atom stereocenters. The third-order valence-corrected chi connectivity index (χ3v) is 3.88. The Kier molecular flexibility index (Phi) is 5.56. The van der Waals surface area contributed by atoms with Gasteiger partial charge in [-0.1, -0.05) is 17.4 Å². The minimum absolute atomic E-state index is 0.0776. The van der Waals surface area contributed by atoms with Gasteiger partial charge < -0.3 is 0 Å². The molecule has 2 rings (SSSR count). The van der Waals surface area contributed by atoms with Crippen LogP contribution in [0.5, 0.6) is 0 Å². The van der Waals surface area contributed by atoms with Crippen molar-refractivity contribution in [3.63, 3.8) is 0 Å². The molecule has 0 spiro atoms. The van der Waals surface area contributed by atoms with Crippen molar-refractivity contribution >= 4 is 22.4 Å². The number of allylic oxidation sites excluding steroid dienone is 1. The first-order valence-corrected chi connectivity index (χ1v) is 7.39. The second-order valence-corrected chi connectivity index (χ2v) is 5.44. The molecule has 116 valence electrons. The van der Waals surface area contributed by atoms with E-state index in [4.69, 9.17) is 4.84 Å². The molecule has 2 aromatic heterocycles. The highest BCUT2D eigenvalue weighted by Gasteiger charge is 2.15. The number of hydrogen-bond donors (Lipinski definition) is 1. The van der Waals surface area contributed by atoms with Gasteiger partial charge in [0.25, 0.3) is 0 Å². The van der Waals surface area contributed by atoms with Gasteiger partial charge in [0.15, 0.2) is 5.01 Å². The van der Waals surface area contributed by atoms with Crippen LogP contribution < -0.4 is 10.4 Å². The first-order chi connectivity index (χ1) is 10.6. The van der Waals surface area contributed by atoms with Crippen LogP contribution in [0.3, 0.4) is 0 Å². The number of rotatable bonds is 6. The van der Waals surface area contributed by atoms with Crippen LogP contribution in [0.4, 0.5) is 5.13 Å². The zero-order valence-electron chi connectivity index (χ0n) is 12.6. The van der Waals surface area contributed by atoms with Crippen molar-refractivity contribution in [1.82, 2.24) is 20.7 Å². The molecule has 0 bridgehead atoms. The standard InChI is InChI=1S/C14H17N5O2S/c1-10(18-21-3)6-7-12(20)19(2)14-17-16-13(22-14)11-5-4-8-15-9-11/h4-6,8-9,18H,7H2,1-3H3. The summed E-state index contributed by atoms with van der Waals surface area (Å²) in [7, 11) is 3.20. The van der Waals surface area contributed by atoms with Gasteiger partial charge in [-0.3, -0.25) is 25.0 Å².